The molecule has 3 fully saturated rings. The Morgan fingerprint density at radius 1 is 1.15 bits per heavy atom. The van der Waals surface area contributed by atoms with E-state index in [9.17, 15) is 14.7 Å². The van der Waals surface area contributed by atoms with Crippen LogP contribution in [0.15, 0.2) is 48.7 Å². The van der Waals surface area contributed by atoms with Crippen LogP contribution in [-0.2, 0) is 22.5 Å². The van der Waals surface area contributed by atoms with Crippen LogP contribution in [0.5, 0.6) is 5.88 Å². The molecule has 0 spiro atoms. The molecule has 3 N–H and O–H groups in total. The molecule has 1 unspecified atom stereocenters. The van der Waals surface area contributed by atoms with Gasteiger partial charge in [-0.05, 0) is 56.6 Å². The Morgan fingerprint density at radius 2 is 1.93 bits per heavy atom. The van der Waals surface area contributed by atoms with Crippen LogP contribution in [0.4, 0.5) is 14.0 Å². The van der Waals surface area contributed by atoms with E-state index in [1.807, 2.05) is 37.3 Å². The molecule has 2 aliphatic heterocycles. The van der Waals surface area contributed by atoms with Crippen molar-refractivity contribution in [3.63, 3.8) is 0 Å². The largest absolute Gasteiger partial charge is 0.475 e. The number of carbonyl (C=O) groups is 2. The summed E-state index contributed by atoms with van der Waals surface area (Å²) in [5.74, 6) is -0.139. The second-order valence-electron chi connectivity index (χ2n) is 10.9. The third-order valence-corrected chi connectivity index (χ3v) is 8.18. The second-order valence-corrected chi connectivity index (χ2v) is 10.9. The van der Waals surface area contributed by atoms with Crippen LogP contribution in [-0.4, -0.2) is 57.7 Å². The van der Waals surface area contributed by atoms with Crippen molar-refractivity contribution in [1.29, 1.82) is 0 Å². The molecule has 2 amide bonds. The summed E-state index contributed by atoms with van der Waals surface area (Å²) in [6.45, 7) is 2.58. The third kappa shape index (κ3) is 6.84. The Balaban J connectivity index is 1.20. The van der Waals surface area contributed by atoms with Crippen molar-refractivity contribution in [2.45, 2.75) is 75.7 Å². The van der Waals surface area contributed by atoms with Crippen molar-refractivity contribution in [3.8, 4) is 5.88 Å². The maximum absolute atomic E-state index is 15.0. The normalized spacial score (nSPS) is 22.2. The summed E-state index contributed by atoms with van der Waals surface area (Å²) in [5, 5.41) is 14.6. The number of ether oxygens (including phenoxy) is 3. The molecule has 3 aromatic rings. The van der Waals surface area contributed by atoms with Gasteiger partial charge in [0.05, 0.1) is 41.0 Å². The van der Waals surface area contributed by atoms with Crippen molar-refractivity contribution in [1.82, 2.24) is 20.6 Å². The molecule has 41 heavy (non-hydrogen) atoms. The molecular weight excluding hydrogens is 531 g/mol. The number of benzene rings is 1. The standard InChI is InChI=1S/C30H35FN4O6/c1-2-21(33-28(38)40-17-20-6-4-3-5-7-20)18-39-25-9-8-24-26(34-25)22(23(31)16-32-24)10-11-30-14-12-29(13-15-30,19-41-30)35-27(36)37/h3-9,16,21,35H,2,10-15,17-19H2,1H3,(H,33,38)(H,36,37). The fourth-order valence-electron chi connectivity index (χ4n) is 5.60. The minimum atomic E-state index is -1.04. The van der Waals surface area contributed by atoms with E-state index >= 15 is 4.39 Å². The first-order valence-electron chi connectivity index (χ1n) is 14.0. The van der Waals surface area contributed by atoms with E-state index in [2.05, 4.69) is 20.6 Å². The number of aryl methyl sites for hydroxylation is 1. The van der Waals surface area contributed by atoms with Crippen LogP contribution >= 0.6 is 0 Å². The van der Waals surface area contributed by atoms with Crippen molar-refractivity contribution < 1.29 is 33.3 Å². The van der Waals surface area contributed by atoms with Gasteiger partial charge in [-0.3, -0.25) is 4.98 Å². The summed E-state index contributed by atoms with van der Waals surface area (Å²) >= 11 is 0. The van der Waals surface area contributed by atoms with Crippen molar-refractivity contribution in [2.24, 2.45) is 0 Å². The Kier molecular flexibility index (Phi) is 8.53. The first kappa shape index (κ1) is 28.5. The van der Waals surface area contributed by atoms with Crippen LogP contribution < -0.4 is 15.4 Å². The lowest BCUT2D eigenvalue weighted by Gasteiger charge is -2.53. The highest BCUT2D eigenvalue weighted by Crippen LogP contribution is 2.46. The summed E-state index contributed by atoms with van der Waals surface area (Å²) in [5.41, 5.74) is 1.38. The molecule has 3 aliphatic rings. The summed E-state index contributed by atoms with van der Waals surface area (Å²) < 4.78 is 32.4. The molecule has 2 bridgehead atoms. The first-order chi connectivity index (χ1) is 19.8. The minimum absolute atomic E-state index is 0.163. The number of hydrogen-bond donors (Lipinski definition) is 3. The molecule has 0 radical (unpaired) electrons. The van der Waals surface area contributed by atoms with Crippen LogP contribution in [0.3, 0.4) is 0 Å². The minimum Gasteiger partial charge on any atom is -0.475 e. The van der Waals surface area contributed by atoms with Gasteiger partial charge in [-0.15, -0.1) is 0 Å². The number of pyridine rings is 2. The molecule has 4 heterocycles. The van der Waals surface area contributed by atoms with Gasteiger partial charge in [0.25, 0.3) is 0 Å². The average Bonchev–Trinajstić information content (AvgIpc) is 2.98. The number of hydrogen-bond acceptors (Lipinski definition) is 7. The third-order valence-electron chi connectivity index (χ3n) is 8.18. The highest BCUT2D eigenvalue weighted by molar-refractivity contribution is 5.78. The van der Waals surface area contributed by atoms with Crippen LogP contribution in [0.25, 0.3) is 11.0 Å². The highest BCUT2D eigenvalue weighted by atomic mass is 19.1. The van der Waals surface area contributed by atoms with Gasteiger partial charge in [0.1, 0.15) is 19.0 Å². The zero-order valence-electron chi connectivity index (χ0n) is 23.0. The van der Waals surface area contributed by atoms with Gasteiger partial charge in [0.2, 0.25) is 5.88 Å². The monoisotopic (exact) mass is 566 g/mol. The lowest BCUT2D eigenvalue weighted by atomic mass is 9.69. The van der Waals surface area contributed by atoms with Crippen molar-refractivity contribution in [3.05, 3.63) is 65.6 Å². The predicted octanol–water partition coefficient (Wildman–Crippen LogP) is 5.13. The van der Waals surface area contributed by atoms with Gasteiger partial charge in [0.15, 0.2) is 0 Å². The molecule has 11 heteroatoms. The number of amides is 2. The van der Waals surface area contributed by atoms with Gasteiger partial charge in [0, 0.05) is 11.6 Å². The number of aromatic nitrogens is 2. The maximum Gasteiger partial charge on any atom is 0.407 e. The van der Waals surface area contributed by atoms with E-state index in [4.69, 9.17) is 14.2 Å². The number of alkyl carbamates (subject to hydrolysis) is 1. The molecule has 6 rings (SSSR count). The number of nitrogens with one attached hydrogen (secondary N) is 2. The molecule has 1 aliphatic carbocycles. The topological polar surface area (TPSA) is 132 Å². The SMILES string of the molecule is CCC(COc1ccc2ncc(F)c(CCC34CCC(NC(=O)O)(CC3)CO4)c2n1)NC(=O)OCc1ccccc1. The lowest BCUT2D eigenvalue weighted by Crippen LogP contribution is -2.62. The Bertz CT molecular complexity index is 1360. The van der Waals surface area contributed by atoms with E-state index in [0.717, 1.165) is 5.56 Å². The van der Waals surface area contributed by atoms with Crippen molar-refractivity contribution in [2.75, 3.05) is 13.2 Å². The van der Waals surface area contributed by atoms with E-state index < -0.39 is 29.1 Å². The van der Waals surface area contributed by atoms with Gasteiger partial charge >= 0.3 is 12.2 Å². The number of rotatable bonds is 11. The van der Waals surface area contributed by atoms with Gasteiger partial charge < -0.3 is 30.0 Å². The van der Waals surface area contributed by atoms with Gasteiger partial charge in [-0.25, -0.2) is 19.0 Å². The van der Waals surface area contributed by atoms with Crippen LogP contribution in [0, 0.1) is 5.82 Å². The fourth-order valence-corrected chi connectivity index (χ4v) is 5.60. The predicted molar refractivity (Wildman–Crippen MR) is 148 cm³/mol. The van der Waals surface area contributed by atoms with E-state index in [1.54, 1.807) is 12.1 Å². The smallest absolute Gasteiger partial charge is 0.407 e. The Hall–Kier alpha value is -3.99. The summed E-state index contributed by atoms with van der Waals surface area (Å²) in [6.07, 6.45) is 4.04. The summed E-state index contributed by atoms with van der Waals surface area (Å²) in [7, 11) is 0. The van der Waals surface area contributed by atoms with Crippen LogP contribution in [0.1, 0.15) is 56.6 Å². The van der Waals surface area contributed by atoms with Gasteiger partial charge in [-0.2, -0.15) is 0 Å². The number of carboxylic acid groups (broad SMARTS) is 1. The Morgan fingerprint density at radius 3 is 2.61 bits per heavy atom. The highest BCUT2D eigenvalue weighted by Gasteiger charge is 2.50. The number of halogens is 1. The summed E-state index contributed by atoms with van der Waals surface area (Å²) in [4.78, 5) is 32.2. The summed E-state index contributed by atoms with van der Waals surface area (Å²) in [6, 6.07) is 12.5. The lowest BCUT2D eigenvalue weighted by molar-refractivity contribution is -0.162. The van der Waals surface area contributed by atoms with E-state index in [0.29, 0.717) is 74.0 Å². The molecular formula is C30H35FN4O6. The van der Waals surface area contributed by atoms with Crippen LogP contribution in [0.2, 0.25) is 0 Å². The molecule has 2 saturated heterocycles. The second kappa shape index (κ2) is 12.3. The fraction of sp³-hybridized carbons (Fsp3) is 0.467. The van der Waals surface area contributed by atoms with E-state index in [-0.39, 0.29) is 19.3 Å². The zero-order valence-corrected chi connectivity index (χ0v) is 23.0. The number of fused-ring (bicyclic) bond motifs is 4. The van der Waals surface area contributed by atoms with Gasteiger partial charge in [-0.1, -0.05) is 37.3 Å². The molecule has 2 aromatic heterocycles. The van der Waals surface area contributed by atoms with Crippen molar-refractivity contribution >= 4 is 23.2 Å². The molecule has 1 atom stereocenters. The molecule has 1 saturated carbocycles. The zero-order chi connectivity index (χ0) is 28.9. The quantitative estimate of drug-likeness (QED) is 0.291. The number of nitrogens with zero attached hydrogens (tertiary/aromatic N) is 2. The Labute approximate surface area is 237 Å². The average molecular weight is 567 g/mol. The molecule has 1 aromatic carbocycles. The first-order valence-corrected chi connectivity index (χ1v) is 14.0. The maximum atomic E-state index is 15.0. The molecule has 10 nitrogen and oxygen atoms in total. The van der Waals surface area contributed by atoms with E-state index in [1.165, 1.54) is 6.20 Å². The molecule has 218 valence electrons. The number of carbonyl (C=O) groups excluding carboxylic acids is 1.